The van der Waals surface area contributed by atoms with Crippen molar-refractivity contribution < 1.29 is 8.42 Å². The van der Waals surface area contributed by atoms with E-state index in [1.54, 1.807) is 17.5 Å². The number of benzene rings is 1. The number of hydrogen-bond acceptors (Lipinski definition) is 3. The van der Waals surface area contributed by atoms with Crippen LogP contribution in [0.1, 0.15) is 17.7 Å². The third-order valence-electron chi connectivity index (χ3n) is 4.23. The van der Waals surface area contributed by atoms with Crippen LogP contribution in [0.2, 0.25) is 5.02 Å². The first-order chi connectivity index (χ1) is 11.0. The maximum atomic E-state index is 12.4. The van der Waals surface area contributed by atoms with Gasteiger partial charge in [0.15, 0.2) is 0 Å². The van der Waals surface area contributed by atoms with Crippen LogP contribution in [0.15, 0.2) is 39.9 Å². The number of rotatable bonds is 3. The van der Waals surface area contributed by atoms with E-state index in [1.807, 2.05) is 18.2 Å². The van der Waals surface area contributed by atoms with Crippen LogP contribution in [0.5, 0.6) is 0 Å². The molecule has 7 heteroatoms. The fourth-order valence-corrected chi connectivity index (χ4v) is 5.64. The first-order valence-electron chi connectivity index (χ1n) is 7.38. The van der Waals surface area contributed by atoms with E-state index < -0.39 is 10.0 Å². The predicted octanol–water partition coefficient (Wildman–Crippen LogP) is 3.72. The standard InChI is InChI=1S/C16H15ClN2O2S2/c17-10-3-5-12-13-9-11(4-6-14(13)18-15(12)8-10)19-23(20,21)16-2-1-7-22-16/h1-3,5,7-8,11,18-19H,4,6,9H2. The zero-order valence-electron chi connectivity index (χ0n) is 12.2. The smallest absolute Gasteiger partial charge is 0.250 e. The number of aryl methyl sites for hydroxylation is 1. The number of thiophene rings is 1. The van der Waals surface area contributed by atoms with Gasteiger partial charge in [0, 0.05) is 27.7 Å². The Kier molecular flexibility index (Phi) is 3.72. The second-order valence-electron chi connectivity index (χ2n) is 5.77. The Hall–Kier alpha value is -1.34. The summed E-state index contributed by atoms with van der Waals surface area (Å²) in [5, 5.41) is 3.60. The first-order valence-corrected chi connectivity index (χ1v) is 10.1. The van der Waals surface area contributed by atoms with Crippen LogP contribution >= 0.6 is 22.9 Å². The number of aromatic nitrogens is 1. The van der Waals surface area contributed by atoms with Crippen LogP contribution in [-0.2, 0) is 22.9 Å². The summed E-state index contributed by atoms with van der Waals surface area (Å²) >= 11 is 7.28. The van der Waals surface area contributed by atoms with Gasteiger partial charge in [0.2, 0.25) is 10.0 Å². The highest BCUT2D eigenvalue weighted by Gasteiger charge is 2.27. The Morgan fingerprint density at radius 1 is 1.30 bits per heavy atom. The molecule has 1 unspecified atom stereocenters. The quantitative estimate of drug-likeness (QED) is 0.742. The fraction of sp³-hybridized carbons (Fsp3) is 0.250. The predicted molar refractivity (Wildman–Crippen MR) is 93.8 cm³/mol. The summed E-state index contributed by atoms with van der Waals surface area (Å²) in [5.74, 6) is 0. The van der Waals surface area contributed by atoms with E-state index in [9.17, 15) is 8.42 Å². The minimum absolute atomic E-state index is 0.0794. The largest absolute Gasteiger partial charge is 0.358 e. The lowest BCUT2D eigenvalue weighted by molar-refractivity contribution is 0.507. The summed E-state index contributed by atoms with van der Waals surface area (Å²) in [7, 11) is -3.42. The molecule has 0 spiro atoms. The van der Waals surface area contributed by atoms with Crippen molar-refractivity contribution in [2.24, 2.45) is 0 Å². The number of sulfonamides is 1. The SMILES string of the molecule is O=S(=O)(NC1CCc2[nH]c3cc(Cl)ccc3c2C1)c1cccs1. The van der Waals surface area contributed by atoms with Crippen molar-refractivity contribution in [2.45, 2.75) is 29.5 Å². The van der Waals surface area contributed by atoms with E-state index in [4.69, 9.17) is 11.6 Å². The molecule has 1 aliphatic rings. The molecular formula is C16H15ClN2O2S2. The van der Waals surface area contributed by atoms with E-state index in [0.717, 1.165) is 23.7 Å². The van der Waals surface area contributed by atoms with Crippen molar-refractivity contribution in [1.82, 2.24) is 9.71 Å². The number of hydrogen-bond donors (Lipinski definition) is 2. The van der Waals surface area contributed by atoms with Gasteiger partial charge in [0.25, 0.3) is 0 Å². The van der Waals surface area contributed by atoms with E-state index >= 15 is 0 Å². The Labute approximate surface area is 143 Å². The summed E-state index contributed by atoms with van der Waals surface area (Å²) in [5.41, 5.74) is 3.40. The molecule has 120 valence electrons. The van der Waals surface area contributed by atoms with Gasteiger partial charge in [-0.15, -0.1) is 11.3 Å². The molecule has 0 fully saturated rings. The maximum absolute atomic E-state index is 12.4. The van der Waals surface area contributed by atoms with Gasteiger partial charge in [0.05, 0.1) is 0 Å². The average Bonchev–Trinajstić information content (AvgIpc) is 3.13. The van der Waals surface area contributed by atoms with Crippen molar-refractivity contribution in [3.05, 3.63) is 52.0 Å². The van der Waals surface area contributed by atoms with Gasteiger partial charge >= 0.3 is 0 Å². The van der Waals surface area contributed by atoms with Crippen LogP contribution in [-0.4, -0.2) is 19.4 Å². The molecule has 2 heterocycles. The molecule has 1 aliphatic carbocycles. The zero-order chi connectivity index (χ0) is 16.0. The minimum atomic E-state index is -3.42. The average molecular weight is 367 g/mol. The number of nitrogens with one attached hydrogen (secondary N) is 2. The van der Waals surface area contributed by atoms with Gasteiger partial charge in [-0.05, 0) is 48.4 Å². The molecule has 1 atom stereocenters. The molecule has 23 heavy (non-hydrogen) atoms. The summed E-state index contributed by atoms with van der Waals surface area (Å²) < 4.78 is 28.0. The molecule has 0 radical (unpaired) electrons. The molecule has 4 rings (SSSR count). The highest BCUT2D eigenvalue weighted by molar-refractivity contribution is 7.91. The number of fused-ring (bicyclic) bond motifs is 3. The Morgan fingerprint density at radius 3 is 2.96 bits per heavy atom. The van der Waals surface area contributed by atoms with Crippen LogP contribution in [0, 0.1) is 0 Å². The lowest BCUT2D eigenvalue weighted by atomic mass is 9.92. The van der Waals surface area contributed by atoms with Crippen LogP contribution in [0.25, 0.3) is 10.9 Å². The van der Waals surface area contributed by atoms with Gasteiger partial charge in [-0.3, -0.25) is 0 Å². The normalized spacial score (nSPS) is 18.2. The van der Waals surface area contributed by atoms with Crippen LogP contribution in [0.4, 0.5) is 0 Å². The molecule has 2 N–H and O–H groups in total. The van der Waals surface area contributed by atoms with Crippen LogP contribution < -0.4 is 4.72 Å². The molecule has 0 amide bonds. The second kappa shape index (κ2) is 5.63. The number of halogens is 1. The van der Waals surface area contributed by atoms with Crippen molar-refractivity contribution in [2.75, 3.05) is 0 Å². The summed E-state index contributed by atoms with van der Waals surface area (Å²) in [6.45, 7) is 0. The molecule has 4 nitrogen and oxygen atoms in total. The monoisotopic (exact) mass is 366 g/mol. The lowest BCUT2D eigenvalue weighted by Crippen LogP contribution is -2.38. The van der Waals surface area contributed by atoms with Crippen LogP contribution in [0.3, 0.4) is 0 Å². The lowest BCUT2D eigenvalue weighted by Gasteiger charge is -2.23. The topological polar surface area (TPSA) is 62.0 Å². The van der Waals surface area contributed by atoms with Gasteiger partial charge in [0.1, 0.15) is 4.21 Å². The molecule has 0 saturated heterocycles. The highest BCUT2D eigenvalue weighted by Crippen LogP contribution is 2.31. The molecule has 0 saturated carbocycles. The van der Waals surface area contributed by atoms with E-state index in [1.165, 1.54) is 22.6 Å². The van der Waals surface area contributed by atoms with Gasteiger partial charge < -0.3 is 4.98 Å². The van der Waals surface area contributed by atoms with Gasteiger partial charge in [-0.25, -0.2) is 13.1 Å². The Morgan fingerprint density at radius 2 is 2.17 bits per heavy atom. The number of aromatic amines is 1. The van der Waals surface area contributed by atoms with Crippen molar-refractivity contribution in [3.8, 4) is 0 Å². The van der Waals surface area contributed by atoms with Gasteiger partial charge in [-0.2, -0.15) is 0 Å². The Bertz CT molecular complexity index is 962. The third kappa shape index (κ3) is 2.80. The number of H-pyrrole nitrogens is 1. The van der Waals surface area contributed by atoms with Crippen molar-refractivity contribution in [3.63, 3.8) is 0 Å². The van der Waals surface area contributed by atoms with Crippen molar-refractivity contribution in [1.29, 1.82) is 0 Å². The zero-order valence-corrected chi connectivity index (χ0v) is 14.6. The molecule has 2 aromatic heterocycles. The Balaban J connectivity index is 1.63. The van der Waals surface area contributed by atoms with E-state index in [2.05, 4.69) is 9.71 Å². The summed E-state index contributed by atoms with van der Waals surface area (Å²) in [4.78, 5) is 3.41. The third-order valence-corrected chi connectivity index (χ3v) is 7.38. The summed E-state index contributed by atoms with van der Waals surface area (Å²) in [6, 6.07) is 9.10. The van der Waals surface area contributed by atoms with Crippen molar-refractivity contribution >= 4 is 43.9 Å². The second-order valence-corrected chi connectivity index (χ2v) is 9.09. The molecule has 1 aromatic carbocycles. The van der Waals surface area contributed by atoms with Gasteiger partial charge in [-0.1, -0.05) is 23.7 Å². The fourth-order valence-electron chi connectivity index (χ4n) is 3.19. The molecule has 0 aliphatic heterocycles. The van der Waals surface area contributed by atoms with E-state index in [-0.39, 0.29) is 6.04 Å². The minimum Gasteiger partial charge on any atom is -0.358 e. The summed E-state index contributed by atoms with van der Waals surface area (Å²) in [6.07, 6.45) is 2.32. The molecular weight excluding hydrogens is 352 g/mol. The molecule has 3 aromatic rings. The van der Waals surface area contributed by atoms with E-state index in [0.29, 0.717) is 15.7 Å². The highest BCUT2D eigenvalue weighted by atomic mass is 35.5. The maximum Gasteiger partial charge on any atom is 0.250 e. The first kappa shape index (κ1) is 15.2. The molecule has 0 bridgehead atoms.